The molecule has 0 bridgehead atoms. The second kappa shape index (κ2) is 8.52. The first kappa shape index (κ1) is 15.0. The molecular formula is C21H26FNO3. The third kappa shape index (κ3) is 4.34. The first-order valence-corrected chi connectivity index (χ1v) is 8.89. The summed E-state index contributed by atoms with van der Waals surface area (Å²) in [4.78, 5) is 2.31. The number of aliphatic hydroxyl groups is 1. The topological polar surface area (TPSA) is 52.9 Å². The Morgan fingerprint density at radius 2 is 1.96 bits per heavy atom. The molecule has 26 heavy (non-hydrogen) atoms. The second-order valence-electron chi connectivity index (χ2n) is 6.80. The summed E-state index contributed by atoms with van der Waals surface area (Å²) in [6, 6.07) is 11.1. The van der Waals surface area contributed by atoms with Crippen LogP contribution in [0.5, 0.6) is 11.5 Å². The maximum atomic E-state index is 13.0. The fraction of sp³-hybridized carbons (Fsp3) is 0.429. The van der Waals surface area contributed by atoms with E-state index in [1.807, 2.05) is 0 Å². The van der Waals surface area contributed by atoms with Gasteiger partial charge in [0.05, 0.1) is 17.3 Å². The van der Waals surface area contributed by atoms with Crippen molar-refractivity contribution in [1.29, 1.82) is 0 Å². The Bertz CT molecular complexity index is 806. The molecule has 1 aliphatic heterocycles. The fourth-order valence-corrected chi connectivity index (χ4v) is 3.54. The Labute approximate surface area is 158 Å². The van der Waals surface area contributed by atoms with Gasteiger partial charge in [-0.25, -0.2) is 4.39 Å². The zero-order valence-electron chi connectivity index (χ0n) is 17.6. The standard InChI is InChI=1S/C21H26FNO3/c1-26-19-4-2-3-18(21(19)25)20(24)16-10-13-23(14-11-16)12-9-15-5-7-17(22)8-6-15/h2-8,16,20,24-25H,9-14H2,1H3/i1D3. The summed E-state index contributed by atoms with van der Waals surface area (Å²) in [5.74, 6) is -0.751. The second-order valence-corrected chi connectivity index (χ2v) is 6.80. The van der Waals surface area contributed by atoms with Crippen LogP contribution in [0.25, 0.3) is 0 Å². The van der Waals surface area contributed by atoms with Crippen LogP contribution >= 0.6 is 0 Å². The molecule has 2 N–H and O–H groups in total. The molecule has 1 unspecified atom stereocenters. The summed E-state index contributed by atoms with van der Waals surface area (Å²) in [5, 5.41) is 21.1. The smallest absolute Gasteiger partial charge is 0.163 e. The zero-order valence-corrected chi connectivity index (χ0v) is 14.6. The number of ether oxygens (including phenoxy) is 1. The van der Waals surface area contributed by atoms with Gasteiger partial charge in [0.2, 0.25) is 0 Å². The number of benzene rings is 2. The molecular weight excluding hydrogens is 333 g/mol. The lowest BCUT2D eigenvalue weighted by molar-refractivity contribution is 0.0573. The predicted molar refractivity (Wildman–Crippen MR) is 98.9 cm³/mol. The van der Waals surface area contributed by atoms with Crippen molar-refractivity contribution in [3.63, 3.8) is 0 Å². The van der Waals surface area contributed by atoms with Crippen LogP contribution in [0.1, 0.15) is 34.2 Å². The number of hydrogen-bond donors (Lipinski definition) is 2. The molecule has 0 aromatic heterocycles. The molecule has 0 amide bonds. The van der Waals surface area contributed by atoms with Gasteiger partial charge in [0.1, 0.15) is 5.82 Å². The number of likely N-dealkylation sites (tertiary alicyclic amines) is 1. The van der Waals surface area contributed by atoms with E-state index in [2.05, 4.69) is 4.90 Å². The first-order chi connectivity index (χ1) is 13.7. The highest BCUT2D eigenvalue weighted by atomic mass is 19.1. The van der Waals surface area contributed by atoms with E-state index in [1.54, 1.807) is 24.3 Å². The minimum absolute atomic E-state index is 0.0361. The number of phenols is 1. The van der Waals surface area contributed by atoms with E-state index in [1.165, 1.54) is 18.2 Å². The highest BCUT2D eigenvalue weighted by Gasteiger charge is 2.28. The average Bonchev–Trinajstić information content (AvgIpc) is 2.68. The number of para-hydroxylation sites is 1. The minimum Gasteiger partial charge on any atom is -0.504 e. The summed E-state index contributed by atoms with van der Waals surface area (Å²) < 4.78 is 39.4. The van der Waals surface area contributed by atoms with E-state index in [-0.39, 0.29) is 28.8 Å². The molecule has 3 rings (SSSR count). The van der Waals surface area contributed by atoms with Gasteiger partial charge in [-0.2, -0.15) is 0 Å². The van der Waals surface area contributed by atoms with Crippen LogP contribution in [0.4, 0.5) is 4.39 Å². The number of aromatic hydroxyl groups is 1. The maximum Gasteiger partial charge on any atom is 0.163 e. The number of methoxy groups -OCH3 is 1. The molecule has 1 aliphatic rings. The summed E-state index contributed by atoms with van der Waals surface area (Å²) in [7, 11) is -2.67. The molecule has 5 heteroatoms. The normalized spacial score (nSPS) is 19.4. The van der Waals surface area contributed by atoms with Crippen LogP contribution < -0.4 is 4.74 Å². The van der Waals surface area contributed by atoms with Gasteiger partial charge in [-0.05, 0) is 62.0 Å². The molecule has 2 aromatic rings. The molecule has 1 heterocycles. The van der Waals surface area contributed by atoms with Crippen LogP contribution in [-0.4, -0.2) is 41.8 Å². The zero-order chi connectivity index (χ0) is 21.0. The monoisotopic (exact) mass is 362 g/mol. The van der Waals surface area contributed by atoms with Crippen molar-refractivity contribution >= 4 is 0 Å². The van der Waals surface area contributed by atoms with Gasteiger partial charge in [0.25, 0.3) is 0 Å². The van der Waals surface area contributed by atoms with Gasteiger partial charge < -0.3 is 19.8 Å². The molecule has 140 valence electrons. The Hall–Kier alpha value is -2.11. The maximum absolute atomic E-state index is 13.0. The van der Waals surface area contributed by atoms with Crippen molar-refractivity contribution in [3.8, 4) is 11.5 Å². The van der Waals surface area contributed by atoms with E-state index in [0.29, 0.717) is 0 Å². The molecule has 0 aliphatic carbocycles. The van der Waals surface area contributed by atoms with Gasteiger partial charge in [-0.15, -0.1) is 0 Å². The summed E-state index contributed by atoms with van der Waals surface area (Å²) in [6.07, 6.45) is 1.46. The highest BCUT2D eigenvalue weighted by molar-refractivity contribution is 5.46. The Morgan fingerprint density at radius 3 is 2.65 bits per heavy atom. The number of rotatable bonds is 6. The van der Waals surface area contributed by atoms with E-state index in [4.69, 9.17) is 8.85 Å². The lowest BCUT2D eigenvalue weighted by atomic mass is 9.87. The number of piperidine rings is 1. The van der Waals surface area contributed by atoms with Gasteiger partial charge >= 0.3 is 0 Å². The van der Waals surface area contributed by atoms with Gasteiger partial charge in [-0.3, -0.25) is 0 Å². The SMILES string of the molecule is [2H]C([2H])([2H])Oc1cccc(C(O)C2CCN(CCc3ccc(F)cc3)CC2)c1O. The van der Waals surface area contributed by atoms with Crippen molar-refractivity contribution < 1.29 is 23.5 Å². The first-order valence-electron chi connectivity index (χ1n) is 10.4. The van der Waals surface area contributed by atoms with E-state index in [0.717, 1.165) is 44.5 Å². The van der Waals surface area contributed by atoms with Crippen LogP contribution in [0.2, 0.25) is 0 Å². The van der Waals surface area contributed by atoms with Gasteiger partial charge in [0, 0.05) is 12.1 Å². The Morgan fingerprint density at radius 1 is 1.23 bits per heavy atom. The van der Waals surface area contributed by atoms with E-state index >= 15 is 0 Å². The summed E-state index contributed by atoms with van der Waals surface area (Å²) in [5.41, 5.74) is 1.38. The van der Waals surface area contributed by atoms with E-state index < -0.39 is 13.1 Å². The number of phenolic OH excluding ortho intramolecular Hbond substituents is 1. The summed E-state index contributed by atoms with van der Waals surface area (Å²) in [6.45, 7) is 2.49. The number of aliphatic hydroxyl groups excluding tert-OH is 1. The fourth-order valence-electron chi connectivity index (χ4n) is 3.54. The van der Waals surface area contributed by atoms with Crippen molar-refractivity contribution in [2.75, 3.05) is 26.7 Å². The summed E-state index contributed by atoms with van der Waals surface area (Å²) >= 11 is 0. The molecule has 2 aromatic carbocycles. The molecule has 0 spiro atoms. The number of halogens is 1. The molecule has 1 atom stereocenters. The third-order valence-corrected chi connectivity index (χ3v) is 5.17. The van der Waals surface area contributed by atoms with Crippen molar-refractivity contribution in [2.45, 2.75) is 25.4 Å². The van der Waals surface area contributed by atoms with Crippen LogP contribution in [0.15, 0.2) is 42.5 Å². The number of hydrogen-bond acceptors (Lipinski definition) is 4. The quantitative estimate of drug-likeness (QED) is 0.825. The molecule has 0 saturated carbocycles. The third-order valence-electron chi connectivity index (χ3n) is 5.17. The molecule has 4 nitrogen and oxygen atoms in total. The van der Waals surface area contributed by atoms with E-state index in [9.17, 15) is 14.6 Å². The Kier molecular flexibility index (Phi) is 4.91. The van der Waals surface area contributed by atoms with Crippen molar-refractivity contribution in [1.82, 2.24) is 4.90 Å². The van der Waals surface area contributed by atoms with Crippen molar-refractivity contribution in [3.05, 3.63) is 59.4 Å². The van der Waals surface area contributed by atoms with Crippen LogP contribution in [-0.2, 0) is 6.42 Å². The lowest BCUT2D eigenvalue weighted by Gasteiger charge is -2.34. The molecule has 1 saturated heterocycles. The predicted octanol–water partition coefficient (Wildman–Crippen LogP) is 3.53. The van der Waals surface area contributed by atoms with Gasteiger partial charge in [0.15, 0.2) is 11.5 Å². The largest absolute Gasteiger partial charge is 0.504 e. The minimum atomic E-state index is -2.67. The average molecular weight is 362 g/mol. The van der Waals surface area contributed by atoms with Crippen LogP contribution in [0, 0.1) is 11.7 Å². The highest BCUT2D eigenvalue weighted by Crippen LogP contribution is 2.39. The van der Waals surface area contributed by atoms with Crippen molar-refractivity contribution in [2.24, 2.45) is 5.92 Å². The van der Waals surface area contributed by atoms with Gasteiger partial charge in [-0.1, -0.05) is 24.3 Å². The molecule has 0 radical (unpaired) electrons. The van der Waals surface area contributed by atoms with Crippen LogP contribution in [0.3, 0.4) is 0 Å². The number of nitrogens with zero attached hydrogens (tertiary/aromatic N) is 1. The lowest BCUT2D eigenvalue weighted by Crippen LogP contribution is -2.36. The Balaban J connectivity index is 1.55. The molecule has 1 fully saturated rings.